The van der Waals surface area contributed by atoms with Gasteiger partial charge in [0.2, 0.25) is 0 Å². The fourth-order valence-corrected chi connectivity index (χ4v) is 7.70. The van der Waals surface area contributed by atoms with Crippen molar-refractivity contribution >= 4 is 24.3 Å². The monoisotopic (exact) mass is 477 g/mol. The second kappa shape index (κ2) is 9.60. The predicted molar refractivity (Wildman–Crippen MR) is 146 cm³/mol. The molecule has 0 spiro atoms. The average Bonchev–Trinajstić information content (AvgIpc) is 3.19. The van der Waals surface area contributed by atoms with E-state index in [2.05, 4.69) is 99.2 Å². The number of pyridine rings is 1. The predicted octanol–water partition coefficient (Wildman–Crippen LogP) is 6.44. The molecule has 0 unspecified atom stereocenters. The quantitative estimate of drug-likeness (QED) is 0.398. The number of nitrogens with one attached hydrogen (secondary N) is 1. The van der Waals surface area contributed by atoms with Gasteiger partial charge < -0.3 is 9.72 Å². The molecule has 34 heavy (non-hydrogen) atoms. The number of benzene rings is 1. The minimum absolute atomic E-state index is 0.149. The maximum absolute atomic E-state index is 6.47. The van der Waals surface area contributed by atoms with Crippen molar-refractivity contribution in [2.24, 2.45) is 5.92 Å². The van der Waals surface area contributed by atoms with E-state index in [0.717, 1.165) is 6.61 Å². The lowest BCUT2D eigenvalue weighted by molar-refractivity contribution is 0.0292. The van der Waals surface area contributed by atoms with Crippen LogP contribution in [0.4, 0.5) is 0 Å². The third kappa shape index (κ3) is 4.62. The molecule has 0 saturated heterocycles. The molecule has 4 nitrogen and oxygen atoms in total. The van der Waals surface area contributed by atoms with Crippen molar-refractivity contribution in [1.82, 2.24) is 14.9 Å². The lowest BCUT2D eigenvalue weighted by Gasteiger charge is -2.45. The summed E-state index contributed by atoms with van der Waals surface area (Å²) in [5.41, 5.74) is 4.11. The van der Waals surface area contributed by atoms with Crippen LogP contribution in [0.25, 0.3) is 10.9 Å². The zero-order valence-electron chi connectivity index (χ0n) is 22.2. The Bertz CT molecular complexity index is 1090. The van der Waals surface area contributed by atoms with Crippen LogP contribution < -0.4 is 5.32 Å². The van der Waals surface area contributed by atoms with Crippen LogP contribution in [-0.4, -0.2) is 43.6 Å². The normalized spacial score (nSPS) is 21.9. The van der Waals surface area contributed by atoms with E-state index in [0.29, 0.717) is 12.5 Å². The van der Waals surface area contributed by atoms with E-state index in [1.54, 1.807) is 0 Å². The van der Waals surface area contributed by atoms with Gasteiger partial charge in [-0.05, 0) is 62.4 Å². The Morgan fingerprint density at radius 2 is 1.76 bits per heavy atom. The van der Waals surface area contributed by atoms with Gasteiger partial charge in [-0.3, -0.25) is 9.88 Å². The van der Waals surface area contributed by atoms with Crippen LogP contribution >= 0.6 is 0 Å². The molecular weight excluding hydrogens is 434 g/mol. The Morgan fingerprint density at radius 3 is 2.38 bits per heavy atom. The molecule has 1 saturated carbocycles. The highest BCUT2D eigenvalue weighted by atomic mass is 28.3. The maximum atomic E-state index is 6.47. The minimum Gasteiger partial charge on any atom is -0.376 e. The van der Waals surface area contributed by atoms with E-state index >= 15 is 0 Å². The number of ether oxygens (including phenoxy) is 1. The molecule has 1 aliphatic carbocycles. The van der Waals surface area contributed by atoms with Gasteiger partial charge in [-0.2, -0.15) is 0 Å². The van der Waals surface area contributed by atoms with Crippen molar-refractivity contribution in [2.45, 2.75) is 76.7 Å². The van der Waals surface area contributed by atoms with Crippen molar-refractivity contribution in [3.05, 3.63) is 59.9 Å². The molecule has 2 aromatic heterocycles. The number of fused-ring (bicyclic) bond motifs is 1. The molecular formula is C29H43N3OSi. The second-order valence-electron chi connectivity index (χ2n) is 12.0. The van der Waals surface area contributed by atoms with Crippen molar-refractivity contribution < 1.29 is 4.74 Å². The number of hydrogen-bond donors (Lipinski definition) is 1. The van der Waals surface area contributed by atoms with Gasteiger partial charge in [0.1, 0.15) is 8.07 Å². The highest BCUT2D eigenvalue weighted by Crippen LogP contribution is 2.43. The van der Waals surface area contributed by atoms with Crippen LogP contribution in [0.2, 0.25) is 18.1 Å². The lowest BCUT2D eigenvalue weighted by atomic mass is 9.72. The summed E-state index contributed by atoms with van der Waals surface area (Å²) in [6.45, 7) is 13.6. The zero-order valence-corrected chi connectivity index (χ0v) is 23.2. The standard InChI is InChI=1S/C29H43N3OSi/c1-28(2,3)34(6,7)27-25(24-19-30-18-15-26(24)31-27)21-33-20-22-13-16-29(17-14-22,32(4)5)23-11-9-8-10-12-23/h8-12,15,18-19,22,31H,13-14,16-17,20-21H2,1-7H3. The van der Waals surface area contributed by atoms with Crippen LogP contribution in [0.3, 0.4) is 0 Å². The van der Waals surface area contributed by atoms with Gasteiger partial charge in [-0.1, -0.05) is 64.2 Å². The molecule has 0 atom stereocenters. The Labute approximate surface area is 207 Å². The average molecular weight is 478 g/mol. The fourth-order valence-electron chi connectivity index (χ4n) is 5.54. The third-order valence-corrected chi connectivity index (χ3v) is 14.3. The topological polar surface area (TPSA) is 41.1 Å². The Kier molecular flexibility index (Phi) is 7.10. The first-order valence-electron chi connectivity index (χ1n) is 12.8. The van der Waals surface area contributed by atoms with Crippen molar-refractivity contribution in [2.75, 3.05) is 20.7 Å². The number of hydrogen-bond acceptors (Lipinski definition) is 3. The summed E-state index contributed by atoms with van der Waals surface area (Å²) in [5.74, 6) is 0.622. The smallest absolute Gasteiger partial charge is 0.107 e. The number of rotatable bonds is 7. The highest BCUT2D eigenvalue weighted by molar-refractivity contribution is 6.92. The van der Waals surface area contributed by atoms with Crippen molar-refractivity contribution in [3.63, 3.8) is 0 Å². The fraction of sp³-hybridized carbons (Fsp3) is 0.552. The van der Waals surface area contributed by atoms with Gasteiger partial charge in [0.15, 0.2) is 0 Å². The molecule has 1 N–H and O–H groups in total. The van der Waals surface area contributed by atoms with E-state index in [9.17, 15) is 0 Å². The van der Waals surface area contributed by atoms with Gasteiger partial charge in [0, 0.05) is 46.3 Å². The summed E-state index contributed by atoms with van der Waals surface area (Å²) >= 11 is 0. The number of H-pyrrole nitrogens is 1. The SMILES string of the molecule is CN(C)C1(c2ccccc2)CCC(COCc2c([Si](C)(C)C(C)(C)C)[nH]c3ccncc23)CC1. The number of nitrogens with zero attached hydrogens (tertiary/aromatic N) is 2. The summed E-state index contributed by atoms with van der Waals surface area (Å²) in [6.07, 6.45) is 8.67. The minimum atomic E-state index is -1.74. The largest absolute Gasteiger partial charge is 0.376 e. The summed E-state index contributed by atoms with van der Waals surface area (Å²) in [7, 11) is 2.73. The van der Waals surface area contributed by atoms with Crippen LogP contribution in [0, 0.1) is 5.92 Å². The van der Waals surface area contributed by atoms with Crippen LogP contribution in [0.15, 0.2) is 48.8 Å². The van der Waals surface area contributed by atoms with Crippen LogP contribution in [0.5, 0.6) is 0 Å². The van der Waals surface area contributed by atoms with Crippen LogP contribution in [-0.2, 0) is 16.9 Å². The van der Waals surface area contributed by atoms with E-state index in [1.807, 2.05) is 12.4 Å². The second-order valence-corrected chi connectivity index (χ2v) is 17.3. The Balaban J connectivity index is 1.46. The van der Waals surface area contributed by atoms with Gasteiger partial charge >= 0.3 is 0 Å². The first kappa shape index (κ1) is 25.1. The summed E-state index contributed by atoms with van der Waals surface area (Å²) in [5, 5.41) is 2.90. The molecule has 1 aliphatic rings. The molecule has 0 radical (unpaired) electrons. The lowest BCUT2D eigenvalue weighted by Crippen LogP contribution is -2.51. The molecule has 0 bridgehead atoms. The molecule has 3 aromatic rings. The molecule has 2 heterocycles. The Hall–Kier alpha value is -1.95. The molecule has 1 aromatic carbocycles. The van der Waals surface area contributed by atoms with E-state index in [4.69, 9.17) is 4.74 Å². The van der Waals surface area contributed by atoms with Gasteiger partial charge in [-0.15, -0.1) is 0 Å². The van der Waals surface area contributed by atoms with Gasteiger partial charge in [0.25, 0.3) is 0 Å². The van der Waals surface area contributed by atoms with Crippen molar-refractivity contribution in [1.29, 1.82) is 0 Å². The molecule has 0 amide bonds. The molecule has 0 aliphatic heterocycles. The maximum Gasteiger partial charge on any atom is 0.107 e. The number of aromatic nitrogens is 2. The molecule has 1 fully saturated rings. The molecule has 5 heteroatoms. The molecule has 4 rings (SSSR count). The van der Waals surface area contributed by atoms with E-state index < -0.39 is 8.07 Å². The van der Waals surface area contributed by atoms with Gasteiger partial charge in [0.05, 0.1) is 6.61 Å². The van der Waals surface area contributed by atoms with E-state index in [-0.39, 0.29) is 10.6 Å². The highest BCUT2D eigenvalue weighted by Gasteiger charge is 2.41. The van der Waals surface area contributed by atoms with E-state index in [1.165, 1.54) is 53.0 Å². The van der Waals surface area contributed by atoms with Gasteiger partial charge in [-0.25, -0.2) is 0 Å². The summed E-state index contributed by atoms with van der Waals surface area (Å²) in [4.78, 5) is 10.6. The first-order valence-corrected chi connectivity index (χ1v) is 15.8. The zero-order chi connectivity index (χ0) is 24.6. The third-order valence-electron chi connectivity index (χ3n) is 8.91. The molecule has 184 valence electrons. The summed E-state index contributed by atoms with van der Waals surface area (Å²) in [6, 6.07) is 13.2. The van der Waals surface area contributed by atoms with Crippen molar-refractivity contribution in [3.8, 4) is 0 Å². The first-order chi connectivity index (χ1) is 16.1. The number of aromatic amines is 1. The Morgan fingerprint density at radius 1 is 1.09 bits per heavy atom. The summed E-state index contributed by atoms with van der Waals surface area (Å²) < 4.78 is 6.47. The van der Waals surface area contributed by atoms with Crippen LogP contribution in [0.1, 0.15) is 57.6 Å².